The molecular formula is C17H22ClN5O. The molecule has 0 aliphatic carbocycles. The Bertz CT molecular complexity index is 696. The lowest BCUT2D eigenvalue weighted by molar-refractivity contribution is 0.0930. The first-order chi connectivity index (χ1) is 11.7. The fourth-order valence-corrected chi connectivity index (χ4v) is 3.21. The molecule has 0 saturated carbocycles. The summed E-state index contributed by atoms with van der Waals surface area (Å²) in [4.78, 5) is 12.5. The minimum atomic E-state index is -0.206. The molecule has 128 valence electrons. The van der Waals surface area contributed by atoms with E-state index < -0.39 is 0 Å². The third-order valence-corrected chi connectivity index (χ3v) is 4.63. The zero-order chi connectivity index (χ0) is 16.9. The highest BCUT2D eigenvalue weighted by atomic mass is 35.5. The molecule has 0 spiro atoms. The minimum absolute atomic E-state index is 0.0970. The van der Waals surface area contributed by atoms with Crippen LogP contribution in [0.3, 0.4) is 0 Å². The third-order valence-electron chi connectivity index (χ3n) is 4.39. The van der Waals surface area contributed by atoms with Crippen LogP contribution in [-0.2, 0) is 0 Å². The molecule has 1 saturated heterocycles. The molecule has 0 unspecified atom stereocenters. The molecule has 2 heterocycles. The summed E-state index contributed by atoms with van der Waals surface area (Å²) < 4.78 is 1.82. The van der Waals surface area contributed by atoms with E-state index in [0.717, 1.165) is 37.9 Å². The Morgan fingerprint density at radius 2 is 2.25 bits per heavy atom. The number of nitrogens with one attached hydrogen (secondary N) is 2. The monoisotopic (exact) mass is 347 g/mol. The summed E-state index contributed by atoms with van der Waals surface area (Å²) in [5, 5.41) is 15.2. The van der Waals surface area contributed by atoms with Gasteiger partial charge in [0.25, 0.3) is 5.91 Å². The van der Waals surface area contributed by atoms with Crippen LogP contribution in [0.15, 0.2) is 30.5 Å². The first-order valence-corrected chi connectivity index (χ1v) is 8.74. The van der Waals surface area contributed by atoms with Crippen molar-refractivity contribution in [3.63, 3.8) is 0 Å². The lowest BCUT2D eigenvalue weighted by Crippen LogP contribution is -2.30. The molecule has 1 aliphatic rings. The maximum Gasteiger partial charge on any atom is 0.273 e. The molecule has 7 heteroatoms. The summed E-state index contributed by atoms with van der Waals surface area (Å²) in [6.07, 6.45) is 4.53. The molecule has 6 nitrogen and oxygen atoms in total. The van der Waals surface area contributed by atoms with Gasteiger partial charge in [0.1, 0.15) is 0 Å². The lowest BCUT2D eigenvalue weighted by Gasteiger charge is -2.22. The second-order valence-corrected chi connectivity index (χ2v) is 6.49. The van der Waals surface area contributed by atoms with E-state index in [1.807, 2.05) is 35.9 Å². The zero-order valence-electron chi connectivity index (χ0n) is 13.7. The van der Waals surface area contributed by atoms with Crippen molar-refractivity contribution in [3.8, 4) is 0 Å². The summed E-state index contributed by atoms with van der Waals surface area (Å²) >= 11 is 6.05. The number of piperidine rings is 1. The van der Waals surface area contributed by atoms with Crippen LogP contribution >= 0.6 is 11.6 Å². The Balaban J connectivity index is 1.68. The van der Waals surface area contributed by atoms with Crippen molar-refractivity contribution >= 4 is 17.5 Å². The van der Waals surface area contributed by atoms with Crippen molar-refractivity contribution in [3.05, 3.63) is 46.7 Å². The molecule has 1 fully saturated rings. The second-order valence-electron chi connectivity index (χ2n) is 6.05. The van der Waals surface area contributed by atoms with Gasteiger partial charge in [-0.2, -0.15) is 0 Å². The Kier molecular flexibility index (Phi) is 5.48. The van der Waals surface area contributed by atoms with Crippen molar-refractivity contribution in [2.75, 3.05) is 13.1 Å². The Labute approximate surface area is 146 Å². The summed E-state index contributed by atoms with van der Waals surface area (Å²) in [7, 11) is 0. The number of amides is 1. The van der Waals surface area contributed by atoms with E-state index in [1.54, 1.807) is 6.20 Å². The minimum Gasteiger partial charge on any atom is -0.344 e. The predicted octanol–water partition coefficient (Wildman–Crippen LogP) is 2.74. The van der Waals surface area contributed by atoms with Crippen molar-refractivity contribution < 1.29 is 4.79 Å². The Morgan fingerprint density at radius 1 is 1.46 bits per heavy atom. The number of nitrogens with zero attached hydrogens (tertiary/aromatic N) is 3. The molecular weight excluding hydrogens is 326 g/mol. The molecule has 1 amide bonds. The van der Waals surface area contributed by atoms with E-state index in [-0.39, 0.29) is 11.9 Å². The largest absolute Gasteiger partial charge is 0.344 e. The molecule has 1 aromatic carbocycles. The van der Waals surface area contributed by atoms with Gasteiger partial charge in [-0.3, -0.25) is 4.79 Å². The van der Waals surface area contributed by atoms with Crippen molar-refractivity contribution in [1.29, 1.82) is 0 Å². The van der Waals surface area contributed by atoms with E-state index >= 15 is 0 Å². The Hall–Kier alpha value is -1.92. The van der Waals surface area contributed by atoms with Crippen LogP contribution < -0.4 is 10.6 Å². The lowest BCUT2D eigenvalue weighted by atomic mass is 10.0. The van der Waals surface area contributed by atoms with Crippen LogP contribution in [0.5, 0.6) is 0 Å². The molecule has 2 aromatic rings. The zero-order valence-corrected chi connectivity index (χ0v) is 14.5. The third kappa shape index (κ3) is 3.94. The van der Waals surface area contributed by atoms with E-state index in [9.17, 15) is 4.79 Å². The van der Waals surface area contributed by atoms with Crippen LogP contribution in [0.25, 0.3) is 0 Å². The van der Waals surface area contributed by atoms with Crippen LogP contribution in [0.1, 0.15) is 54.3 Å². The smallest absolute Gasteiger partial charge is 0.273 e. The molecule has 1 aliphatic heterocycles. The highest BCUT2D eigenvalue weighted by molar-refractivity contribution is 6.30. The fraction of sp³-hybridized carbons (Fsp3) is 0.471. The van der Waals surface area contributed by atoms with Crippen molar-refractivity contribution in [2.45, 2.75) is 38.3 Å². The summed E-state index contributed by atoms with van der Waals surface area (Å²) in [6.45, 7) is 3.97. The van der Waals surface area contributed by atoms with Gasteiger partial charge in [0.05, 0.1) is 18.3 Å². The van der Waals surface area contributed by atoms with E-state index in [4.69, 9.17) is 11.6 Å². The topological polar surface area (TPSA) is 71.8 Å². The van der Waals surface area contributed by atoms with Gasteiger partial charge in [-0.1, -0.05) is 35.9 Å². The van der Waals surface area contributed by atoms with Crippen molar-refractivity contribution in [1.82, 2.24) is 25.6 Å². The number of hydrogen-bond donors (Lipinski definition) is 2. The Morgan fingerprint density at radius 3 is 2.96 bits per heavy atom. The van der Waals surface area contributed by atoms with Crippen LogP contribution in [0.4, 0.5) is 0 Å². The van der Waals surface area contributed by atoms with Gasteiger partial charge in [-0.05, 0) is 50.0 Å². The van der Waals surface area contributed by atoms with Crippen molar-refractivity contribution in [2.24, 2.45) is 0 Å². The van der Waals surface area contributed by atoms with Crippen LogP contribution in [0, 0.1) is 0 Å². The summed E-state index contributed by atoms with van der Waals surface area (Å²) in [5.74, 6) is -0.206. The highest BCUT2D eigenvalue weighted by Gasteiger charge is 2.20. The fourth-order valence-electron chi connectivity index (χ4n) is 3.01. The summed E-state index contributed by atoms with van der Waals surface area (Å²) in [6, 6.07) is 7.77. The van der Waals surface area contributed by atoms with E-state index in [1.165, 1.54) is 0 Å². The number of carbonyl (C=O) groups excluding carboxylic acids is 1. The molecule has 24 heavy (non-hydrogen) atoms. The average molecular weight is 348 g/mol. The van der Waals surface area contributed by atoms with E-state index in [0.29, 0.717) is 16.8 Å². The summed E-state index contributed by atoms with van der Waals surface area (Å²) in [5.41, 5.74) is 1.35. The quantitative estimate of drug-likeness (QED) is 0.872. The van der Waals surface area contributed by atoms with Gasteiger partial charge < -0.3 is 10.6 Å². The number of benzene rings is 1. The maximum atomic E-state index is 12.5. The van der Waals surface area contributed by atoms with Gasteiger partial charge in [0.15, 0.2) is 5.69 Å². The average Bonchev–Trinajstić information content (AvgIpc) is 3.10. The SMILES string of the molecule is CC[C@@H](NC(=O)c1cn(C2CCNCC2)nn1)c1cccc(Cl)c1. The standard InChI is InChI=1S/C17H22ClN5O/c1-2-15(12-4-3-5-13(18)10-12)20-17(24)16-11-23(22-21-16)14-6-8-19-9-7-14/h3-5,10-11,14-15,19H,2,6-9H2,1H3,(H,20,24)/t15-/m1/s1. The van der Waals surface area contributed by atoms with Gasteiger partial charge in [-0.15, -0.1) is 5.10 Å². The number of aromatic nitrogens is 3. The molecule has 1 aromatic heterocycles. The molecule has 3 rings (SSSR count). The van der Waals surface area contributed by atoms with Gasteiger partial charge >= 0.3 is 0 Å². The van der Waals surface area contributed by atoms with Gasteiger partial charge in [-0.25, -0.2) is 4.68 Å². The number of halogens is 1. The number of hydrogen-bond acceptors (Lipinski definition) is 4. The number of rotatable bonds is 5. The molecule has 2 N–H and O–H groups in total. The van der Waals surface area contributed by atoms with Gasteiger partial charge in [0, 0.05) is 5.02 Å². The maximum absolute atomic E-state index is 12.5. The van der Waals surface area contributed by atoms with Gasteiger partial charge in [0.2, 0.25) is 0 Å². The van der Waals surface area contributed by atoms with Crippen LogP contribution in [-0.4, -0.2) is 34.0 Å². The molecule has 0 radical (unpaired) electrons. The van der Waals surface area contributed by atoms with E-state index in [2.05, 4.69) is 20.9 Å². The first-order valence-electron chi connectivity index (χ1n) is 8.36. The number of carbonyl (C=O) groups is 1. The first kappa shape index (κ1) is 16.9. The molecule has 0 bridgehead atoms. The second kappa shape index (κ2) is 7.77. The van der Waals surface area contributed by atoms with Crippen LogP contribution in [0.2, 0.25) is 5.02 Å². The highest BCUT2D eigenvalue weighted by Crippen LogP contribution is 2.21. The molecule has 1 atom stereocenters. The predicted molar refractivity (Wildman–Crippen MR) is 93.1 cm³/mol. The normalized spacial score (nSPS) is 16.8.